The van der Waals surface area contributed by atoms with Crippen molar-refractivity contribution in [3.63, 3.8) is 0 Å². The number of hydrogen-bond donors (Lipinski definition) is 1. The number of nitrogens with one attached hydrogen (secondary N) is 1. The van der Waals surface area contributed by atoms with Gasteiger partial charge in [0.25, 0.3) is 0 Å². The molecule has 1 N–H and O–H groups in total. The Bertz CT molecular complexity index is 415. The molecule has 0 aliphatic carbocycles. The highest BCUT2D eigenvalue weighted by Crippen LogP contribution is 2.15. The van der Waals surface area contributed by atoms with Gasteiger partial charge in [0.1, 0.15) is 6.10 Å². The summed E-state index contributed by atoms with van der Waals surface area (Å²) < 4.78 is 16.5. The van der Waals surface area contributed by atoms with Crippen molar-refractivity contribution in [2.75, 3.05) is 25.1 Å². The Kier molecular flexibility index (Phi) is 7.74. The van der Waals surface area contributed by atoms with E-state index >= 15 is 0 Å². The zero-order valence-electron chi connectivity index (χ0n) is 13.5. The number of ether oxygens (including phenoxy) is 3. The third kappa shape index (κ3) is 7.08. The third-order valence-electron chi connectivity index (χ3n) is 2.33. The van der Waals surface area contributed by atoms with Crippen LogP contribution in [0.25, 0.3) is 0 Å². The van der Waals surface area contributed by atoms with Gasteiger partial charge in [-0.15, -0.1) is 4.98 Å². The summed E-state index contributed by atoms with van der Waals surface area (Å²) in [6.07, 6.45) is 0.821. The van der Waals surface area contributed by atoms with Gasteiger partial charge in [0.15, 0.2) is 0 Å². The molecule has 7 nitrogen and oxygen atoms in total. The van der Waals surface area contributed by atoms with Crippen molar-refractivity contribution in [1.82, 2.24) is 15.0 Å². The molecule has 120 valence electrons. The summed E-state index contributed by atoms with van der Waals surface area (Å²) in [7, 11) is 0. The van der Waals surface area contributed by atoms with Crippen molar-refractivity contribution >= 4 is 5.95 Å². The monoisotopic (exact) mass is 298 g/mol. The smallest absolute Gasteiger partial charge is 0.324 e. The summed E-state index contributed by atoms with van der Waals surface area (Å²) in [4.78, 5) is 12.6. The zero-order chi connectivity index (χ0) is 15.7. The van der Waals surface area contributed by atoms with E-state index in [0.717, 1.165) is 13.0 Å². The molecular weight excluding hydrogens is 272 g/mol. The Labute approximate surface area is 126 Å². The van der Waals surface area contributed by atoms with E-state index in [2.05, 4.69) is 27.2 Å². The molecule has 1 rings (SSSR count). The SMILES string of the molecule is CCCNc1nc(OC(C)C)nc(OC(C)COCC)n1. The van der Waals surface area contributed by atoms with Gasteiger partial charge in [0.2, 0.25) is 5.95 Å². The van der Waals surface area contributed by atoms with Crippen LogP contribution in [-0.4, -0.2) is 46.9 Å². The highest BCUT2D eigenvalue weighted by molar-refractivity contribution is 5.27. The molecule has 0 aromatic carbocycles. The first-order chi connectivity index (χ1) is 10.0. The van der Waals surface area contributed by atoms with Crippen molar-refractivity contribution in [3.8, 4) is 12.0 Å². The van der Waals surface area contributed by atoms with E-state index in [4.69, 9.17) is 14.2 Å². The molecule has 0 aliphatic rings. The number of hydrogen-bond acceptors (Lipinski definition) is 7. The predicted molar refractivity (Wildman–Crippen MR) is 81.0 cm³/mol. The predicted octanol–water partition coefficient (Wildman–Crippen LogP) is 2.28. The third-order valence-corrected chi connectivity index (χ3v) is 2.33. The van der Waals surface area contributed by atoms with Gasteiger partial charge in [-0.3, -0.25) is 0 Å². The zero-order valence-corrected chi connectivity index (χ0v) is 13.5. The molecule has 1 aromatic rings. The molecule has 1 aromatic heterocycles. The van der Waals surface area contributed by atoms with Gasteiger partial charge in [-0.05, 0) is 34.1 Å². The van der Waals surface area contributed by atoms with Crippen LogP contribution in [0.2, 0.25) is 0 Å². The van der Waals surface area contributed by atoms with Gasteiger partial charge in [-0.2, -0.15) is 9.97 Å². The molecular formula is C14H26N4O3. The van der Waals surface area contributed by atoms with Crippen LogP contribution in [0.1, 0.15) is 41.0 Å². The maximum absolute atomic E-state index is 5.65. The summed E-state index contributed by atoms with van der Waals surface area (Å²) in [5, 5.41) is 3.11. The summed E-state index contributed by atoms with van der Waals surface area (Å²) >= 11 is 0. The summed E-state index contributed by atoms with van der Waals surface area (Å²) in [6.45, 7) is 11.7. The Morgan fingerprint density at radius 1 is 1.00 bits per heavy atom. The normalized spacial score (nSPS) is 12.3. The lowest BCUT2D eigenvalue weighted by molar-refractivity contribution is 0.0598. The topological polar surface area (TPSA) is 78.4 Å². The quantitative estimate of drug-likeness (QED) is 0.710. The molecule has 0 aliphatic heterocycles. The Hall–Kier alpha value is -1.63. The van der Waals surface area contributed by atoms with E-state index in [1.165, 1.54) is 0 Å². The molecule has 0 spiro atoms. The highest BCUT2D eigenvalue weighted by atomic mass is 16.5. The van der Waals surface area contributed by atoms with Crippen molar-refractivity contribution in [2.45, 2.75) is 53.2 Å². The van der Waals surface area contributed by atoms with E-state index in [1.807, 2.05) is 27.7 Å². The van der Waals surface area contributed by atoms with Crippen LogP contribution in [-0.2, 0) is 4.74 Å². The second-order valence-corrected chi connectivity index (χ2v) is 4.91. The molecule has 1 unspecified atom stereocenters. The molecule has 0 bridgehead atoms. The van der Waals surface area contributed by atoms with Gasteiger partial charge in [-0.1, -0.05) is 6.92 Å². The molecule has 0 saturated heterocycles. The fourth-order valence-corrected chi connectivity index (χ4v) is 1.47. The van der Waals surface area contributed by atoms with Crippen LogP contribution in [0.4, 0.5) is 5.95 Å². The fourth-order valence-electron chi connectivity index (χ4n) is 1.47. The first kappa shape index (κ1) is 17.4. The average molecular weight is 298 g/mol. The summed E-state index contributed by atoms with van der Waals surface area (Å²) in [5.74, 6) is 0.459. The summed E-state index contributed by atoms with van der Waals surface area (Å²) in [5.41, 5.74) is 0. The molecule has 0 amide bonds. The minimum Gasteiger partial charge on any atom is -0.461 e. The molecule has 21 heavy (non-hydrogen) atoms. The standard InChI is InChI=1S/C14H26N4O3/c1-6-8-15-12-16-13(20-10(3)4)18-14(17-12)21-11(5)9-19-7-2/h10-11H,6-9H2,1-5H3,(H,15,16,17,18). The van der Waals surface area contributed by atoms with Crippen LogP contribution < -0.4 is 14.8 Å². The molecule has 0 radical (unpaired) electrons. The fraction of sp³-hybridized carbons (Fsp3) is 0.786. The van der Waals surface area contributed by atoms with Gasteiger partial charge in [0.05, 0.1) is 12.7 Å². The van der Waals surface area contributed by atoms with Gasteiger partial charge < -0.3 is 19.5 Å². The van der Waals surface area contributed by atoms with E-state index in [0.29, 0.717) is 19.2 Å². The minimum absolute atomic E-state index is 0.0138. The van der Waals surface area contributed by atoms with Crippen LogP contribution in [0.5, 0.6) is 12.0 Å². The lowest BCUT2D eigenvalue weighted by atomic mass is 10.4. The molecule has 7 heteroatoms. The molecule has 1 heterocycles. The van der Waals surface area contributed by atoms with Crippen LogP contribution in [0.3, 0.4) is 0 Å². The van der Waals surface area contributed by atoms with Crippen LogP contribution in [0.15, 0.2) is 0 Å². The van der Waals surface area contributed by atoms with Crippen molar-refractivity contribution in [3.05, 3.63) is 0 Å². The van der Waals surface area contributed by atoms with Gasteiger partial charge in [0, 0.05) is 13.2 Å². The Morgan fingerprint density at radius 2 is 1.67 bits per heavy atom. The maximum Gasteiger partial charge on any atom is 0.324 e. The minimum atomic E-state index is -0.140. The second kappa shape index (κ2) is 9.33. The molecule has 1 atom stereocenters. The van der Waals surface area contributed by atoms with Crippen LogP contribution in [0, 0.1) is 0 Å². The number of anilines is 1. The lowest BCUT2D eigenvalue weighted by Gasteiger charge is -2.15. The number of rotatable bonds is 10. The lowest BCUT2D eigenvalue weighted by Crippen LogP contribution is -2.21. The van der Waals surface area contributed by atoms with Crippen LogP contribution >= 0.6 is 0 Å². The highest BCUT2D eigenvalue weighted by Gasteiger charge is 2.12. The van der Waals surface area contributed by atoms with Crippen molar-refractivity contribution < 1.29 is 14.2 Å². The first-order valence-corrected chi connectivity index (χ1v) is 7.46. The van der Waals surface area contributed by atoms with Gasteiger partial charge >= 0.3 is 12.0 Å². The molecule has 0 fully saturated rings. The maximum atomic E-state index is 5.65. The van der Waals surface area contributed by atoms with E-state index in [1.54, 1.807) is 0 Å². The average Bonchev–Trinajstić information content (AvgIpc) is 2.42. The van der Waals surface area contributed by atoms with Crippen molar-refractivity contribution in [1.29, 1.82) is 0 Å². The number of aromatic nitrogens is 3. The largest absolute Gasteiger partial charge is 0.461 e. The molecule has 0 saturated carbocycles. The summed E-state index contributed by atoms with van der Waals surface area (Å²) in [6, 6.07) is 0.503. The van der Waals surface area contributed by atoms with E-state index < -0.39 is 0 Å². The van der Waals surface area contributed by atoms with Gasteiger partial charge in [-0.25, -0.2) is 0 Å². The number of nitrogens with zero attached hydrogens (tertiary/aromatic N) is 3. The first-order valence-electron chi connectivity index (χ1n) is 7.46. The van der Waals surface area contributed by atoms with Crippen molar-refractivity contribution in [2.24, 2.45) is 0 Å². The Balaban J connectivity index is 2.79. The van der Waals surface area contributed by atoms with E-state index in [-0.39, 0.29) is 24.2 Å². The van der Waals surface area contributed by atoms with E-state index in [9.17, 15) is 0 Å². The Morgan fingerprint density at radius 3 is 2.24 bits per heavy atom. The second-order valence-electron chi connectivity index (χ2n) is 4.91.